The van der Waals surface area contributed by atoms with E-state index in [9.17, 15) is 4.79 Å². The normalized spacial score (nSPS) is 19.9. The molecule has 18 heavy (non-hydrogen) atoms. The van der Waals surface area contributed by atoms with E-state index in [-0.39, 0.29) is 5.92 Å². The highest BCUT2D eigenvalue weighted by molar-refractivity contribution is 5.70. The van der Waals surface area contributed by atoms with E-state index in [2.05, 4.69) is 4.90 Å². The molecule has 1 atom stereocenters. The molecule has 2 rings (SSSR count). The Labute approximate surface area is 107 Å². The molecule has 0 amide bonds. The monoisotopic (exact) mass is 249 g/mol. The number of likely N-dealkylation sites (tertiary alicyclic amines) is 1. The Bertz CT molecular complexity index is 419. The highest BCUT2D eigenvalue weighted by Crippen LogP contribution is 2.16. The van der Waals surface area contributed by atoms with E-state index in [0.717, 1.165) is 25.3 Å². The number of carbonyl (C=O) groups is 1. The Morgan fingerprint density at radius 2 is 2.39 bits per heavy atom. The summed E-state index contributed by atoms with van der Waals surface area (Å²) < 4.78 is 5.66. The van der Waals surface area contributed by atoms with Gasteiger partial charge in [0.2, 0.25) is 0 Å². The number of aryl methyl sites for hydroxylation is 1. The second-order valence-electron chi connectivity index (χ2n) is 4.79. The third-order valence-corrected chi connectivity index (χ3v) is 3.29. The van der Waals surface area contributed by atoms with Gasteiger partial charge in [0, 0.05) is 13.1 Å². The van der Waals surface area contributed by atoms with Gasteiger partial charge in [0.25, 0.3) is 0 Å². The number of carboxylic acids is 1. The Hall–Kier alpha value is -1.55. The molecule has 1 N–H and O–H groups in total. The van der Waals surface area contributed by atoms with Gasteiger partial charge in [0.1, 0.15) is 12.4 Å². The van der Waals surface area contributed by atoms with Crippen LogP contribution in [0.3, 0.4) is 0 Å². The third-order valence-electron chi connectivity index (χ3n) is 3.29. The van der Waals surface area contributed by atoms with Crippen molar-refractivity contribution in [2.24, 2.45) is 5.92 Å². The van der Waals surface area contributed by atoms with Gasteiger partial charge in [-0.3, -0.25) is 9.69 Å². The van der Waals surface area contributed by atoms with Crippen LogP contribution in [0, 0.1) is 12.8 Å². The smallest absolute Gasteiger partial charge is 0.307 e. The van der Waals surface area contributed by atoms with Crippen LogP contribution < -0.4 is 4.74 Å². The van der Waals surface area contributed by atoms with Gasteiger partial charge in [-0.1, -0.05) is 12.1 Å². The first-order chi connectivity index (χ1) is 8.65. The van der Waals surface area contributed by atoms with Gasteiger partial charge < -0.3 is 9.84 Å². The maximum atomic E-state index is 10.8. The van der Waals surface area contributed by atoms with E-state index in [4.69, 9.17) is 9.84 Å². The van der Waals surface area contributed by atoms with Crippen LogP contribution in [0.5, 0.6) is 5.75 Å². The van der Waals surface area contributed by atoms with E-state index in [1.54, 1.807) is 0 Å². The average Bonchev–Trinajstić information content (AvgIpc) is 2.78. The predicted octanol–water partition coefficient (Wildman–Crippen LogP) is 1.78. The van der Waals surface area contributed by atoms with E-state index >= 15 is 0 Å². The molecule has 1 aliphatic rings. The molecule has 0 spiro atoms. The molecule has 0 unspecified atom stereocenters. The number of hydrogen-bond acceptors (Lipinski definition) is 3. The minimum Gasteiger partial charge on any atom is -0.492 e. The molecule has 98 valence electrons. The van der Waals surface area contributed by atoms with Crippen molar-refractivity contribution in [1.82, 2.24) is 4.90 Å². The van der Waals surface area contributed by atoms with Crippen LogP contribution in [-0.2, 0) is 4.79 Å². The van der Waals surface area contributed by atoms with Gasteiger partial charge in [-0.05, 0) is 37.6 Å². The Morgan fingerprint density at radius 3 is 3.06 bits per heavy atom. The van der Waals surface area contributed by atoms with Crippen molar-refractivity contribution >= 4 is 5.97 Å². The Morgan fingerprint density at radius 1 is 1.56 bits per heavy atom. The molecule has 0 radical (unpaired) electrons. The van der Waals surface area contributed by atoms with Gasteiger partial charge in [0.15, 0.2) is 0 Å². The molecule has 0 bridgehead atoms. The predicted molar refractivity (Wildman–Crippen MR) is 68.9 cm³/mol. The molecule has 4 nitrogen and oxygen atoms in total. The third kappa shape index (κ3) is 3.47. The fourth-order valence-corrected chi connectivity index (χ4v) is 2.24. The molecule has 1 aliphatic heterocycles. The van der Waals surface area contributed by atoms with E-state index < -0.39 is 5.97 Å². The number of rotatable bonds is 5. The number of carboxylic acid groups (broad SMARTS) is 1. The molecular weight excluding hydrogens is 230 g/mol. The molecule has 0 aliphatic carbocycles. The zero-order valence-electron chi connectivity index (χ0n) is 10.6. The molecule has 1 saturated heterocycles. The fraction of sp³-hybridized carbons (Fsp3) is 0.500. The summed E-state index contributed by atoms with van der Waals surface area (Å²) in [6, 6.07) is 7.95. The van der Waals surface area contributed by atoms with Crippen molar-refractivity contribution in [1.29, 1.82) is 0 Å². The second kappa shape index (κ2) is 5.87. The topological polar surface area (TPSA) is 49.8 Å². The maximum Gasteiger partial charge on any atom is 0.307 e. The van der Waals surface area contributed by atoms with Gasteiger partial charge in [-0.25, -0.2) is 0 Å². The Kier molecular flexibility index (Phi) is 4.20. The number of ether oxygens (including phenoxy) is 1. The van der Waals surface area contributed by atoms with Crippen LogP contribution in [0.4, 0.5) is 0 Å². The number of aliphatic carboxylic acids is 1. The van der Waals surface area contributed by atoms with Gasteiger partial charge in [-0.2, -0.15) is 0 Å². The first kappa shape index (κ1) is 12.9. The zero-order chi connectivity index (χ0) is 13.0. The fourth-order valence-electron chi connectivity index (χ4n) is 2.24. The Balaban J connectivity index is 1.72. The van der Waals surface area contributed by atoms with Crippen molar-refractivity contribution < 1.29 is 14.6 Å². The van der Waals surface area contributed by atoms with Crippen LogP contribution in [0.25, 0.3) is 0 Å². The minimum atomic E-state index is -0.683. The molecule has 1 fully saturated rings. The number of hydrogen-bond donors (Lipinski definition) is 1. The summed E-state index contributed by atoms with van der Waals surface area (Å²) in [6.45, 7) is 4.93. The lowest BCUT2D eigenvalue weighted by Gasteiger charge is -2.15. The first-order valence-electron chi connectivity index (χ1n) is 6.30. The van der Waals surface area contributed by atoms with E-state index in [0.29, 0.717) is 13.2 Å². The molecule has 1 aromatic rings. The standard InChI is InChI=1S/C14H19NO3/c1-11-3-2-4-13(9-11)18-8-7-15-6-5-12(10-15)14(16)17/h2-4,9,12H,5-8,10H2,1H3,(H,16,17)/t12-/m1/s1. The van der Waals surface area contributed by atoms with Crippen molar-refractivity contribution in [2.75, 3.05) is 26.2 Å². The highest BCUT2D eigenvalue weighted by atomic mass is 16.5. The maximum absolute atomic E-state index is 10.8. The molecule has 0 saturated carbocycles. The van der Waals surface area contributed by atoms with Gasteiger partial charge in [0.05, 0.1) is 5.92 Å². The summed E-state index contributed by atoms with van der Waals surface area (Å²) in [5.74, 6) is -0.00921. The zero-order valence-corrected chi connectivity index (χ0v) is 10.6. The van der Waals surface area contributed by atoms with Crippen LogP contribution in [-0.4, -0.2) is 42.2 Å². The molecule has 1 heterocycles. The van der Waals surface area contributed by atoms with Crippen molar-refractivity contribution in [3.63, 3.8) is 0 Å². The summed E-state index contributed by atoms with van der Waals surface area (Å²) in [4.78, 5) is 13.0. The number of benzene rings is 1. The van der Waals surface area contributed by atoms with Crippen LogP contribution in [0.1, 0.15) is 12.0 Å². The average molecular weight is 249 g/mol. The summed E-state index contributed by atoms with van der Waals surface area (Å²) >= 11 is 0. The molecule has 0 aromatic heterocycles. The minimum absolute atomic E-state index is 0.205. The lowest BCUT2D eigenvalue weighted by Crippen LogP contribution is -2.27. The summed E-state index contributed by atoms with van der Waals surface area (Å²) in [5.41, 5.74) is 1.18. The summed E-state index contributed by atoms with van der Waals surface area (Å²) in [6.07, 6.45) is 0.750. The van der Waals surface area contributed by atoms with Crippen molar-refractivity contribution in [2.45, 2.75) is 13.3 Å². The lowest BCUT2D eigenvalue weighted by atomic mass is 10.1. The van der Waals surface area contributed by atoms with Crippen LogP contribution in [0.2, 0.25) is 0 Å². The van der Waals surface area contributed by atoms with E-state index in [1.165, 1.54) is 5.56 Å². The quantitative estimate of drug-likeness (QED) is 0.864. The van der Waals surface area contributed by atoms with E-state index in [1.807, 2.05) is 31.2 Å². The first-order valence-corrected chi connectivity index (χ1v) is 6.30. The van der Waals surface area contributed by atoms with Crippen LogP contribution >= 0.6 is 0 Å². The summed E-state index contributed by atoms with van der Waals surface area (Å²) in [7, 11) is 0. The SMILES string of the molecule is Cc1cccc(OCCN2CC[C@@H](C(=O)O)C2)c1. The highest BCUT2D eigenvalue weighted by Gasteiger charge is 2.27. The van der Waals surface area contributed by atoms with Crippen LogP contribution in [0.15, 0.2) is 24.3 Å². The van der Waals surface area contributed by atoms with Gasteiger partial charge >= 0.3 is 5.97 Å². The molecule has 1 aromatic carbocycles. The van der Waals surface area contributed by atoms with Crippen molar-refractivity contribution in [3.8, 4) is 5.75 Å². The number of nitrogens with zero attached hydrogens (tertiary/aromatic N) is 1. The van der Waals surface area contributed by atoms with Gasteiger partial charge in [-0.15, -0.1) is 0 Å². The molecule has 4 heteroatoms. The van der Waals surface area contributed by atoms with Crippen molar-refractivity contribution in [3.05, 3.63) is 29.8 Å². The molecular formula is C14H19NO3. The lowest BCUT2D eigenvalue weighted by molar-refractivity contribution is -0.141. The largest absolute Gasteiger partial charge is 0.492 e. The summed E-state index contributed by atoms with van der Waals surface area (Å²) in [5, 5.41) is 8.91. The second-order valence-corrected chi connectivity index (χ2v) is 4.79.